The lowest BCUT2D eigenvalue weighted by molar-refractivity contribution is -0.150. The molecule has 5 nitrogen and oxygen atoms in total. The van der Waals surface area contributed by atoms with Gasteiger partial charge >= 0.3 is 5.97 Å². The SMILES string of the molecule is CC.CC.COC(=O)[C@@H](O)c1c(C)nc2c(ccn2C)c1C. The van der Waals surface area contributed by atoms with Crippen molar-refractivity contribution in [1.29, 1.82) is 0 Å². The zero-order valence-corrected chi connectivity index (χ0v) is 14.9. The largest absolute Gasteiger partial charge is 0.467 e. The molecule has 124 valence electrons. The average Bonchev–Trinajstić information content (AvgIpc) is 2.91. The summed E-state index contributed by atoms with van der Waals surface area (Å²) in [6, 6.07) is 1.92. The number of rotatable bonds is 2. The van der Waals surface area contributed by atoms with Crippen molar-refractivity contribution in [3.8, 4) is 0 Å². The van der Waals surface area contributed by atoms with E-state index in [2.05, 4.69) is 9.72 Å². The highest BCUT2D eigenvalue weighted by Gasteiger charge is 2.24. The van der Waals surface area contributed by atoms with Crippen molar-refractivity contribution in [2.45, 2.75) is 47.6 Å². The summed E-state index contributed by atoms with van der Waals surface area (Å²) in [5.74, 6) is -0.668. The normalized spacial score (nSPS) is 11.0. The fourth-order valence-electron chi connectivity index (χ4n) is 2.22. The molecule has 0 aliphatic heterocycles. The van der Waals surface area contributed by atoms with Crippen molar-refractivity contribution < 1.29 is 14.6 Å². The summed E-state index contributed by atoms with van der Waals surface area (Å²) in [5.41, 5.74) is 2.86. The van der Waals surface area contributed by atoms with Gasteiger partial charge in [0.25, 0.3) is 0 Å². The van der Waals surface area contributed by atoms with Crippen molar-refractivity contribution >= 4 is 17.0 Å². The highest BCUT2D eigenvalue weighted by molar-refractivity contribution is 5.85. The predicted molar refractivity (Wildman–Crippen MR) is 89.9 cm³/mol. The number of carbonyl (C=O) groups excluding carboxylic acids is 1. The van der Waals surface area contributed by atoms with E-state index in [1.165, 1.54) is 7.11 Å². The molecular formula is C17H28N2O3. The van der Waals surface area contributed by atoms with E-state index < -0.39 is 12.1 Å². The first-order chi connectivity index (χ1) is 10.5. The summed E-state index contributed by atoms with van der Waals surface area (Å²) in [6.45, 7) is 11.7. The first-order valence-corrected chi connectivity index (χ1v) is 7.65. The average molecular weight is 308 g/mol. The maximum atomic E-state index is 11.5. The van der Waals surface area contributed by atoms with Crippen LogP contribution in [0, 0.1) is 13.8 Å². The van der Waals surface area contributed by atoms with Crippen LogP contribution >= 0.6 is 0 Å². The molecule has 0 aliphatic rings. The van der Waals surface area contributed by atoms with Gasteiger partial charge in [-0.2, -0.15) is 0 Å². The van der Waals surface area contributed by atoms with E-state index in [9.17, 15) is 9.90 Å². The van der Waals surface area contributed by atoms with E-state index >= 15 is 0 Å². The van der Waals surface area contributed by atoms with Gasteiger partial charge in [0.2, 0.25) is 0 Å². The van der Waals surface area contributed by atoms with E-state index in [-0.39, 0.29) is 0 Å². The second kappa shape index (κ2) is 9.20. The molecule has 2 aromatic heterocycles. The maximum Gasteiger partial charge on any atom is 0.339 e. The molecule has 5 heteroatoms. The van der Waals surface area contributed by atoms with E-state index in [1.54, 1.807) is 6.92 Å². The number of carbonyl (C=O) groups is 1. The Morgan fingerprint density at radius 1 is 1.27 bits per heavy atom. The third-order valence-electron chi connectivity index (χ3n) is 3.21. The molecule has 2 heterocycles. The van der Waals surface area contributed by atoms with Gasteiger partial charge in [-0.05, 0) is 25.5 Å². The Morgan fingerprint density at radius 3 is 2.32 bits per heavy atom. The standard InChI is InChI=1S/C13H16N2O3.2C2H6/c1-7-9-5-6-15(3)12(9)14-8(2)10(7)11(16)13(17)18-4;2*1-2/h5-6,11,16H,1-4H3;2*1-2H3/t11-;;/m0../s1. The second-order valence-electron chi connectivity index (χ2n) is 4.33. The molecule has 0 amide bonds. The third-order valence-corrected chi connectivity index (χ3v) is 3.21. The number of ether oxygens (including phenoxy) is 1. The zero-order chi connectivity index (χ0) is 17.4. The lowest BCUT2D eigenvalue weighted by Crippen LogP contribution is -2.16. The number of aliphatic hydroxyl groups excluding tert-OH is 1. The maximum absolute atomic E-state index is 11.5. The molecule has 22 heavy (non-hydrogen) atoms. The lowest BCUT2D eigenvalue weighted by atomic mass is 10.00. The van der Waals surface area contributed by atoms with Crippen molar-refractivity contribution in [2.24, 2.45) is 7.05 Å². The van der Waals surface area contributed by atoms with Crippen LogP contribution in [0.4, 0.5) is 0 Å². The molecule has 0 aromatic carbocycles. The number of methoxy groups -OCH3 is 1. The van der Waals surface area contributed by atoms with Crippen LogP contribution in [0.15, 0.2) is 12.3 Å². The van der Waals surface area contributed by atoms with Crippen LogP contribution in [0.3, 0.4) is 0 Å². The summed E-state index contributed by atoms with van der Waals surface area (Å²) in [5, 5.41) is 10.9. The van der Waals surface area contributed by atoms with Gasteiger partial charge in [-0.25, -0.2) is 9.78 Å². The molecule has 2 rings (SSSR count). The molecule has 1 N–H and O–H groups in total. The zero-order valence-electron chi connectivity index (χ0n) is 14.9. The van der Waals surface area contributed by atoms with Gasteiger partial charge in [-0.1, -0.05) is 27.7 Å². The Labute approximate surface area is 132 Å². The number of pyridine rings is 1. The predicted octanol–water partition coefficient (Wildman–Crippen LogP) is 3.45. The Morgan fingerprint density at radius 2 is 1.82 bits per heavy atom. The van der Waals surface area contributed by atoms with Crippen LogP contribution in [0.25, 0.3) is 11.0 Å². The summed E-state index contributed by atoms with van der Waals surface area (Å²) >= 11 is 0. The fraction of sp³-hybridized carbons (Fsp3) is 0.529. The summed E-state index contributed by atoms with van der Waals surface area (Å²) in [6.07, 6.45) is 0.616. The van der Waals surface area contributed by atoms with E-state index in [1.807, 2.05) is 58.5 Å². The minimum absolute atomic E-state index is 0.528. The molecule has 2 aromatic rings. The number of aromatic nitrogens is 2. The van der Waals surface area contributed by atoms with Crippen LogP contribution in [-0.4, -0.2) is 27.7 Å². The van der Waals surface area contributed by atoms with Gasteiger partial charge in [-0.15, -0.1) is 0 Å². The van der Waals surface area contributed by atoms with Gasteiger partial charge < -0.3 is 14.4 Å². The molecule has 0 saturated carbocycles. The van der Waals surface area contributed by atoms with Crippen LogP contribution in [0.1, 0.15) is 50.6 Å². The highest BCUT2D eigenvalue weighted by Crippen LogP contribution is 2.28. The summed E-state index contributed by atoms with van der Waals surface area (Å²) in [4.78, 5) is 15.9. The van der Waals surface area contributed by atoms with Gasteiger partial charge in [0.1, 0.15) is 5.65 Å². The number of hydrogen-bond donors (Lipinski definition) is 1. The van der Waals surface area contributed by atoms with Crippen LogP contribution in [-0.2, 0) is 16.6 Å². The number of hydrogen-bond acceptors (Lipinski definition) is 4. The molecule has 0 saturated heterocycles. The van der Waals surface area contributed by atoms with Crippen molar-refractivity contribution in [3.63, 3.8) is 0 Å². The first kappa shape index (κ1) is 20.1. The summed E-state index contributed by atoms with van der Waals surface area (Å²) in [7, 11) is 3.16. The number of aliphatic hydroxyl groups is 1. The monoisotopic (exact) mass is 308 g/mol. The molecule has 0 unspecified atom stereocenters. The van der Waals surface area contributed by atoms with Crippen molar-refractivity contribution in [2.75, 3.05) is 7.11 Å². The Hall–Kier alpha value is -1.88. The van der Waals surface area contributed by atoms with Crippen molar-refractivity contribution in [1.82, 2.24) is 9.55 Å². The third kappa shape index (κ3) is 3.85. The van der Waals surface area contributed by atoms with E-state index in [0.29, 0.717) is 11.3 Å². The number of aryl methyl sites for hydroxylation is 3. The quantitative estimate of drug-likeness (QED) is 0.863. The summed E-state index contributed by atoms with van der Waals surface area (Å²) < 4.78 is 6.48. The highest BCUT2D eigenvalue weighted by atomic mass is 16.5. The number of esters is 1. The van der Waals surface area contributed by atoms with E-state index in [4.69, 9.17) is 0 Å². The smallest absolute Gasteiger partial charge is 0.339 e. The Bertz CT molecular complexity index is 618. The molecule has 0 fully saturated rings. The molecule has 0 spiro atoms. The molecule has 0 bridgehead atoms. The van der Waals surface area contributed by atoms with Gasteiger partial charge in [0, 0.05) is 29.9 Å². The van der Waals surface area contributed by atoms with Crippen molar-refractivity contribution in [3.05, 3.63) is 29.1 Å². The van der Waals surface area contributed by atoms with Gasteiger partial charge in [0.05, 0.1) is 7.11 Å². The second-order valence-corrected chi connectivity index (χ2v) is 4.33. The lowest BCUT2D eigenvalue weighted by Gasteiger charge is -2.15. The van der Waals surface area contributed by atoms with E-state index in [0.717, 1.165) is 16.6 Å². The van der Waals surface area contributed by atoms with Crippen LogP contribution in [0.2, 0.25) is 0 Å². The molecule has 0 radical (unpaired) electrons. The molecular weight excluding hydrogens is 280 g/mol. The van der Waals surface area contributed by atoms with Gasteiger partial charge in [-0.3, -0.25) is 0 Å². The number of nitrogens with zero attached hydrogens (tertiary/aromatic N) is 2. The molecule has 1 atom stereocenters. The van der Waals surface area contributed by atoms with Crippen LogP contribution < -0.4 is 0 Å². The van der Waals surface area contributed by atoms with Crippen LogP contribution in [0.5, 0.6) is 0 Å². The minimum atomic E-state index is -1.29. The number of fused-ring (bicyclic) bond motifs is 1. The Balaban J connectivity index is 0.00000102. The first-order valence-electron chi connectivity index (χ1n) is 7.65. The Kier molecular flexibility index (Phi) is 8.42. The molecule has 0 aliphatic carbocycles. The minimum Gasteiger partial charge on any atom is -0.467 e. The van der Waals surface area contributed by atoms with Gasteiger partial charge in [0.15, 0.2) is 6.10 Å². The topological polar surface area (TPSA) is 64.3 Å². The fourth-order valence-corrected chi connectivity index (χ4v) is 2.22.